The Kier molecular flexibility index (Phi) is 4.55. The van der Waals surface area contributed by atoms with Crippen molar-refractivity contribution in [1.82, 2.24) is 34.5 Å². The van der Waals surface area contributed by atoms with Crippen molar-refractivity contribution in [2.45, 2.75) is 33.4 Å². The number of hydrogen-bond donors (Lipinski definition) is 0. The summed E-state index contributed by atoms with van der Waals surface area (Å²) in [5.74, 6) is 2.38. The molecule has 1 amide bonds. The van der Waals surface area contributed by atoms with Gasteiger partial charge in [-0.3, -0.25) is 4.79 Å². The number of amides is 1. The number of carbonyl (C=O) groups excluding carboxylic acids is 1. The molecule has 4 rings (SSSR count). The highest BCUT2D eigenvalue weighted by molar-refractivity contribution is 5.95. The summed E-state index contributed by atoms with van der Waals surface area (Å²) in [5, 5.41) is 8.36. The number of hydrogen-bond acceptors (Lipinski definition) is 7. The molecule has 9 heteroatoms. The first-order valence-corrected chi connectivity index (χ1v) is 9.41. The zero-order chi connectivity index (χ0) is 19.1. The van der Waals surface area contributed by atoms with Gasteiger partial charge >= 0.3 is 0 Å². The van der Waals surface area contributed by atoms with Crippen LogP contribution in [0.25, 0.3) is 0 Å². The molecule has 1 unspecified atom stereocenters. The van der Waals surface area contributed by atoms with E-state index < -0.39 is 0 Å². The third-order valence-electron chi connectivity index (χ3n) is 5.46. The maximum Gasteiger partial charge on any atom is 0.257 e. The highest BCUT2D eigenvalue weighted by atomic mass is 16.2. The van der Waals surface area contributed by atoms with E-state index in [2.05, 4.69) is 48.5 Å². The summed E-state index contributed by atoms with van der Waals surface area (Å²) >= 11 is 0. The lowest BCUT2D eigenvalue weighted by molar-refractivity contribution is 0.0678. The second kappa shape index (κ2) is 6.88. The van der Waals surface area contributed by atoms with Gasteiger partial charge in [-0.05, 0) is 27.8 Å². The van der Waals surface area contributed by atoms with Crippen molar-refractivity contribution in [3.8, 4) is 0 Å². The van der Waals surface area contributed by atoms with Gasteiger partial charge in [0.15, 0.2) is 5.82 Å². The molecule has 27 heavy (non-hydrogen) atoms. The van der Waals surface area contributed by atoms with Gasteiger partial charge in [0.2, 0.25) is 5.95 Å². The van der Waals surface area contributed by atoms with Gasteiger partial charge < -0.3 is 19.3 Å². The quantitative estimate of drug-likeness (QED) is 0.768. The highest BCUT2D eigenvalue weighted by Gasteiger charge is 2.30. The average Bonchev–Trinajstić information content (AvgIpc) is 3.03. The molecule has 144 valence electrons. The molecule has 0 N–H and O–H groups in total. The van der Waals surface area contributed by atoms with E-state index in [9.17, 15) is 4.79 Å². The molecule has 9 nitrogen and oxygen atoms in total. The number of piperazine rings is 1. The monoisotopic (exact) mass is 370 g/mol. The maximum atomic E-state index is 13.1. The van der Waals surface area contributed by atoms with Crippen LogP contribution in [0.5, 0.6) is 0 Å². The number of fused-ring (bicyclic) bond motifs is 1. The van der Waals surface area contributed by atoms with Crippen molar-refractivity contribution >= 4 is 11.9 Å². The molecule has 4 heterocycles. The first-order chi connectivity index (χ1) is 12.9. The number of rotatable bonds is 2. The van der Waals surface area contributed by atoms with Crippen molar-refractivity contribution in [3.63, 3.8) is 0 Å². The van der Waals surface area contributed by atoms with Crippen LogP contribution in [0.3, 0.4) is 0 Å². The van der Waals surface area contributed by atoms with Gasteiger partial charge in [-0.25, -0.2) is 9.97 Å². The lowest BCUT2D eigenvalue weighted by atomic mass is 10.1. The Balaban J connectivity index is 1.52. The zero-order valence-corrected chi connectivity index (χ0v) is 16.4. The second-order valence-electron chi connectivity index (χ2n) is 7.53. The Morgan fingerprint density at radius 3 is 2.59 bits per heavy atom. The van der Waals surface area contributed by atoms with Gasteiger partial charge in [-0.2, -0.15) is 0 Å². The first-order valence-electron chi connectivity index (χ1n) is 9.41. The molecular weight excluding hydrogens is 344 g/mol. The van der Waals surface area contributed by atoms with Gasteiger partial charge in [0.25, 0.3) is 5.91 Å². The minimum Gasteiger partial charge on any atom is -0.338 e. The number of nitrogens with zero attached hydrogens (tertiary/aromatic N) is 8. The molecule has 2 aliphatic heterocycles. The Hall–Kier alpha value is -2.55. The van der Waals surface area contributed by atoms with Crippen molar-refractivity contribution in [2.24, 2.45) is 0 Å². The van der Waals surface area contributed by atoms with Crippen LogP contribution in [0.4, 0.5) is 5.95 Å². The van der Waals surface area contributed by atoms with Crippen molar-refractivity contribution in [3.05, 3.63) is 29.1 Å². The summed E-state index contributed by atoms with van der Waals surface area (Å²) in [7, 11) is 2.12. The molecule has 1 atom stereocenters. The van der Waals surface area contributed by atoms with E-state index in [1.165, 1.54) is 0 Å². The summed E-state index contributed by atoms with van der Waals surface area (Å²) in [6, 6.07) is 0.151. The summed E-state index contributed by atoms with van der Waals surface area (Å²) in [6.45, 7) is 10.8. The largest absolute Gasteiger partial charge is 0.338 e. The Bertz CT molecular complexity index is 855. The van der Waals surface area contributed by atoms with Crippen LogP contribution in [0.2, 0.25) is 0 Å². The highest BCUT2D eigenvalue weighted by Crippen LogP contribution is 2.23. The molecule has 2 aromatic rings. The summed E-state index contributed by atoms with van der Waals surface area (Å²) < 4.78 is 2.10. The lowest BCUT2D eigenvalue weighted by Gasteiger charge is -2.33. The molecule has 0 saturated carbocycles. The summed E-state index contributed by atoms with van der Waals surface area (Å²) in [5.41, 5.74) is 1.28. The molecule has 1 saturated heterocycles. The van der Waals surface area contributed by atoms with E-state index in [1.807, 2.05) is 18.7 Å². The van der Waals surface area contributed by atoms with E-state index in [1.54, 1.807) is 6.20 Å². The summed E-state index contributed by atoms with van der Waals surface area (Å²) in [4.78, 5) is 28.5. The Morgan fingerprint density at radius 1 is 1.15 bits per heavy atom. The molecule has 0 radical (unpaired) electrons. The van der Waals surface area contributed by atoms with Gasteiger partial charge in [0.05, 0.1) is 23.8 Å². The molecule has 0 spiro atoms. The van der Waals surface area contributed by atoms with E-state index in [0.717, 1.165) is 43.5 Å². The minimum absolute atomic E-state index is 0.0452. The van der Waals surface area contributed by atoms with Gasteiger partial charge in [0.1, 0.15) is 5.82 Å². The van der Waals surface area contributed by atoms with Crippen molar-refractivity contribution in [1.29, 1.82) is 0 Å². The van der Waals surface area contributed by atoms with Crippen LogP contribution in [0.1, 0.15) is 40.7 Å². The number of likely N-dealkylation sites (N-methyl/N-ethyl adjacent to an activating group) is 1. The third-order valence-corrected chi connectivity index (χ3v) is 5.46. The van der Waals surface area contributed by atoms with Crippen LogP contribution in [-0.2, 0) is 6.54 Å². The number of aryl methyl sites for hydroxylation is 2. The lowest BCUT2D eigenvalue weighted by Crippen LogP contribution is -2.45. The van der Waals surface area contributed by atoms with Crippen LogP contribution < -0.4 is 4.90 Å². The standard InChI is InChI=1S/C18H26N8O/c1-12-10-25(11-16-22-21-14(3)26(12)16)17(27)15-9-19-18(20-13(15)2)24-7-5-23(4)6-8-24/h9,12H,5-8,10-11H2,1-4H3. The molecule has 2 aliphatic rings. The number of anilines is 1. The third kappa shape index (κ3) is 3.27. The Morgan fingerprint density at radius 2 is 1.89 bits per heavy atom. The second-order valence-corrected chi connectivity index (χ2v) is 7.53. The zero-order valence-electron chi connectivity index (χ0n) is 16.4. The summed E-state index contributed by atoms with van der Waals surface area (Å²) in [6.07, 6.45) is 1.67. The first kappa shape index (κ1) is 17.8. The van der Waals surface area contributed by atoms with Crippen molar-refractivity contribution < 1.29 is 4.79 Å². The van der Waals surface area contributed by atoms with Gasteiger partial charge in [-0.1, -0.05) is 0 Å². The minimum atomic E-state index is -0.0452. The average molecular weight is 370 g/mol. The molecule has 1 fully saturated rings. The van der Waals surface area contributed by atoms with Crippen molar-refractivity contribution in [2.75, 3.05) is 44.7 Å². The van der Waals surface area contributed by atoms with Gasteiger partial charge in [-0.15, -0.1) is 10.2 Å². The molecular formula is C18H26N8O. The predicted octanol–water partition coefficient (Wildman–Crippen LogP) is 0.654. The fourth-order valence-electron chi connectivity index (χ4n) is 3.88. The fourth-order valence-corrected chi connectivity index (χ4v) is 3.88. The molecule has 2 aromatic heterocycles. The van der Waals surface area contributed by atoms with Crippen LogP contribution in [0, 0.1) is 13.8 Å². The number of aromatic nitrogens is 5. The van der Waals surface area contributed by atoms with E-state index in [0.29, 0.717) is 24.6 Å². The molecule has 0 bridgehead atoms. The predicted molar refractivity (Wildman–Crippen MR) is 101 cm³/mol. The number of carbonyl (C=O) groups is 1. The van der Waals surface area contributed by atoms with Crippen LogP contribution in [0.15, 0.2) is 6.20 Å². The SMILES string of the molecule is Cc1nc(N2CCN(C)CC2)ncc1C(=O)N1Cc2nnc(C)n2C(C)C1. The molecule has 0 aliphatic carbocycles. The smallest absolute Gasteiger partial charge is 0.257 e. The van der Waals surface area contributed by atoms with Crippen LogP contribution in [-0.4, -0.2) is 80.2 Å². The van der Waals surface area contributed by atoms with Gasteiger partial charge in [0, 0.05) is 38.9 Å². The van der Waals surface area contributed by atoms with E-state index >= 15 is 0 Å². The normalized spacial score (nSPS) is 20.7. The maximum absolute atomic E-state index is 13.1. The Labute approximate surface area is 159 Å². The fraction of sp³-hybridized carbons (Fsp3) is 0.611. The molecule has 0 aromatic carbocycles. The topological polar surface area (TPSA) is 83.3 Å². The van der Waals surface area contributed by atoms with E-state index in [4.69, 9.17) is 0 Å². The van der Waals surface area contributed by atoms with Crippen LogP contribution >= 0.6 is 0 Å². The van der Waals surface area contributed by atoms with E-state index in [-0.39, 0.29) is 11.9 Å².